The Morgan fingerprint density at radius 2 is 1.35 bits per heavy atom. The minimum Gasteiger partial charge on any atom is -0.349 e. The van der Waals surface area contributed by atoms with E-state index in [0.29, 0.717) is 22.5 Å². The van der Waals surface area contributed by atoms with Crippen LogP contribution in [0.2, 0.25) is 0 Å². The number of ether oxygens (including phenoxy) is 3. The molecule has 2 aliphatic carbocycles. The van der Waals surface area contributed by atoms with Gasteiger partial charge in [-0.2, -0.15) is 0 Å². The van der Waals surface area contributed by atoms with Crippen molar-refractivity contribution < 1.29 is 28.6 Å². The predicted molar refractivity (Wildman–Crippen MR) is 117 cm³/mol. The fraction of sp³-hybridized carbons (Fsp3) is 0.423. The number of anilines is 2. The lowest BCUT2D eigenvalue weighted by Gasteiger charge is -2.68. The van der Waals surface area contributed by atoms with Crippen LogP contribution in [-0.4, -0.2) is 34.8 Å². The highest BCUT2D eigenvalue weighted by molar-refractivity contribution is 6.23. The minimum atomic E-state index is -1.65. The highest BCUT2D eigenvalue weighted by Gasteiger charge is 2.97. The molecule has 2 aromatic carbocycles. The van der Waals surface area contributed by atoms with Crippen molar-refractivity contribution in [2.24, 2.45) is 0 Å². The Hall–Kier alpha value is -3.07. The molecule has 0 radical (unpaired) electrons. The number of hydrogen-bond donors (Lipinski definition) is 0. The standard InChI is InChI=1S/C26H22N2O6/c1-15(29)27-19-9-5-3-7-17(19)24(21(27)31)25-18-8-4-6-10-20(18)28(16(2)30)26(25,34-24)33-23(13-14-23)22(32-25)11-12-22/h3-10H,11-14H2,1-2H3/t24-,25?,26+/m0/s1. The summed E-state index contributed by atoms with van der Waals surface area (Å²) in [6, 6.07) is 14.6. The third-order valence-corrected chi connectivity index (χ3v) is 8.63. The molecule has 34 heavy (non-hydrogen) atoms. The number of imide groups is 1. The summed E-state index contributed by atoms with van der Waals surface area (Å²) in [6.07, 6.45) is 3.26. The SMILES string of the molecule is CC(=O)N1C(=O)[C@@]2(O[C@]34OC5(CC5)C5(CC5)OC32c2ccccc2N4C(C)=O)c2ccccc21. The lowest BCUT2D eigenvalue weighted by molar-refractivity contribution is -0.539. The van der Waals surface area contributed by atoms with E-state index in [-0.39, 0.29) is 5.91 Å². The maximum atomic E-state index is 14.2. The summed E-state index contributed by atoms with van der Waals surface area (Å²) in [5.74, 6) is -2.80. The Labute approximate surface area is 195 Å². The van der Waals surface area contributed by atoms with Gasteiger partial charge in [0.2, 0.25) is 23.0 Å². The van der Waals surface area contributed by atoms with E-state index in [1.54, 1.807) is 18.2 Å². The van der Waals surface area contributed by atoms with E-state index in [1.807, 2.05) is 30.3 Å². The molecular weight excluding hydrogens is 436 g/mol. The molecular formula is C26H22N2O6. The number of carbonyl (C=O) groups is 3. The van der Waals surface area contributed by atoms with Gasteiger partial charge in [0.05, 0.1) is 17.0 Å². The first-order chi connectivity index (χ1) is 16.3. The molecule has 3 amide bonds. The number of amides is 3. The average molecular weight is 458 g/mol. The van der Waals surface area contributed by atoms with Gasteiger partial charge in [0.1, 0.15) is 5.60 Å². The van der Waals surface area contributed by atoms with Crippen LogP contribution in [0.3, 0.4) is 0 Å². The first kappa shape index (κ1) is 19.3. The Balaban J connectivity index is 1.47. The van der Waals surface area contributed by atoms with E-state index in [2.05, 4.69) is 0 Å². The third-order valence-electron chi connectivity index (χ3n) is 8.63. The molecule has 1 unspecified atom stereocenters. The molecule has 4 fully saturated rings. The molecule has 172 valence electrons. The summed E-state index contributed by atoms with van der Waals surface area (Å²) in [5.41, 5.74) is -1.86. The summed E-state index contributed by atoms with van der Waals surface area (Å²) in [6.45, 7) is 2.83. The molecule has 2 aromatic rings. The van der Waals surface area contributed by atoms with Gasteiger partial charge in [-0.3, -0.25) is 19.3 Å². The van der Waals surface area contributed by atoms with Gasteiger partial charge in [-0.25, -0.2) is 4.90 Å². The number of nitrogens with zero attached hydrogens (tertiary/aromatic N) is 2. The molecule has 4 aliphatic heterocycles. The molecule has 0 bridgehead atoms. The molecule has 8 heteroatoms. The molecule has 4 heterocycles. The van der Waals surface area contributed by atoms with E-state index in [9.17, 15) is 14.4 Å². The summed E-state index contributed by atoms with van der Waals surface area (Å²) < 4.78 is 20.7. The molecule has 3 atom stereocenters. The Kier molecular flexibility index (Phi) is 2.99. The Bertz CT molecular complexity index is 1380. The van der Waals surface area contributed by atoms with Gasteiger partial charge in [-0.1, -0.05) is 36.4 Å². The second-order valence-corrected chi connectivity index (χ2v) is 10.3. The van der Waals surface area contributed by atoms with Gasteiger partial charge in [-0.15, -0.1) is 0 Å². The second-order valence-electron chi connectivity index (χ2n) is 10.3. The topological polar surface area (TPSA) is 85.4 Å². The van der Waals surface area contributed by atoms with Crippen molar-refractivity contribution in [3.8, 4) is 0 Å². The zero-order valence-corrected chi connectivity index (χ0v) is 18.8. The van der Waals surface area contributed by atoms with E-state index in [0.717, 1.165) is 30.6 Å². The van der Waals surface area contributed by atoms with Crippen molar-refractivity contribution in [1.29, 1.82) is 0 Å². The molecule has 8 rings (SSSR count). The smallest absolute Gasteiger partial charge is 0.299 e. The van der Waals surface area contributed by atoms with Crippen LogP contribution in [0, 0.1) is 0 Å². The second kappa shape index (κ2) is 5.27. The minimum absolute atomic E-state index is 0.266. The molecule has 6 aliphatic rings. The largest absolute Gasteiger partial charge is 0.349 e. The van der Waals surface area contributed by atoms with Crippen molar-refractivity contribution in [3.63, 3.8) is 0 Å². The van der Waals surface area contributed by atoms with Gasteiger partial charge in [0, 0.05) is 25.0 Å². The quantitative estimate of drug-likeness (QED) is 0.604. The van der Waals surface area contributed by atoms with Crippen LogP contribution >= 0.6 is 0 Å². The summed E-state index contributed by atoms with van der Waals surface area (Å²) in [5, 5.41) is 0. The van der Waals surface area contributed by atoms with Crippen LogP contribution in [0.5, 0.6) is 0 Å². The average Bonchev–Trinajstić information content (AvgIpc) is 3.70. The van der Waals surface area contributed by atoms with Crippen molar-refractivity contribution in [2.45, 2.75) is 67.8 Å². The van der Waals surface area contributed by atoms with Gasteiger partial charge in [0.15, 0.2) is 0 Å². The summed E-state index contributed by atoms with van der Waals surface area (Å²) >= 11 is 0. The van der Waals surface area contributed by atoms with E-state index in [1.165, 1.54) is 18.7 Å². The normalized spacial score (nSPS) is 36.1. The number of benzene rings is 2. The van der Waals surface area contributed by atoms with Crippen LogP contribution in [0.1, 0.15) is 50.7 Å². The van der Waals surface area contributed by atoms with Gasteiger partial charge < -0.3 is 14.2 Å². The maximum absolute atomic E-state index is 14.2. The van der Waals surface area contributed by atoms with E-state index >= 15 is 0 Å². The fourth-order valence-corrected chi connectivity index (χ4v) is 7.11. The molecule has 2 saturated heterocycles. The van der Waals surface area contributed by atoms with Gasteiger partial charge >= 0.3 is 0 Å². The van der Waals surface area contributed by atoms with Crippen LogP contribution in [0.15, 0.2) is 48.5 Å². The van der Waals surface area contributed by atoms with Crippen LogP contribution in [-0.2, 0) is 39.8 Å². The summed E-state index contributed by atoms with van der Waals surface area (Å²) in [4.78, 5) is 42.7. The zero-order chi connectivity index (χ0) is 23.3. The van der Waals surface area contributed by atoms with Crippen molar-refractivity contribution in [2.75, 3.05) is 9.80 Å². The van der Waals surface area contributed by atoms with Crippen LogP contribution in [0.4, 0.5) is 11.4 Å². The number of fused-ring (bicyclic) bond motifs is 4. The lowest BCUT2D eigenvalue weighted by Crippen LogP contribution is -2.88. The van der Waals surface area contributed by atoms with Crippen molar-refractivity contribution in [1.82, 2.24) is 0 Å². The van der Waals surface area contributed by atoms with E-state index < -0.39 is 40.1 Å². The monoisotopic (exact) mass is 458 g/mol. The zero-order valence-electron chi connectivity index (χ0n) is 18.8. The lowest BCUT2D eigenvalue weighted by atomic mass is 9.66. The highest BCUT2D eigenvalue weighted by Crippen LogP contribution is 2.82. The van der Waals surface area contributed by atoms with Crippen molar-refractivity contribution in [3.05, 3.63) is 59.7 Å². The molecule has 8 nitrogen and oxygen atoms in total. The first-order valence-corrected chi connectivity index (χ1v) is 11.7. The third kappa shape index (κ3) is 1.62. The molecule has 2 saturated carbocycles. The number of rotatable bonds is 0. The number of carbonyl (C=O) groups excluding carboxylic acids is 3. The molecule has 0 N–H and O–H groups in total. The Morgan fingerprint density at radius 3 is 1.97 bits per heavy atom. The maximum Gasteiger partial charge on any atom is 0.299 e. The highest BCUT2D eigenvalue weighted by atomic mass is 16.8. The summed E-state index contributed by atoms with van der Waals surface area (Å²) in [7, 11) is 0. The number of para-hydroxylation sites is 2. The van der Waals surface area contributed by atoms with Gasteiger partial charge in [0.25, 0.3) is 11.8 Å². The first-order valence-electron chi connectivity index (χ1n) is 11.7. The van der Waals surface area contributed by atoms with Crippen molar-refractivity contribution >= 4 is 29.1 Å². The predicted octanol–water partition coefficient (Wildman–Crippen LogP) is 2.83. The van der Waals surface area contributed by atoms with Crippen LogP contribution in [0.25, 0.3) is 0 Å². The Morgan fingerprint density at radius 1 is 0.765 bits per heavy atom. The fourth-order valence-electron chi connectivity index (χ4n) is 7.11. The van der Waals surface area contributed by atoms with Gasteiger partial charge in [-0.05, 0) is 37.8 Å². The molecule has 0 aromatic heterocycles. The number of hydrogen-bond acceptors (Lipinski definition) is 6. The van der Waals surface area contributed by atoms with E-state index in [4.69, 9.17) is 14.2 Å². The van der Waals surface area contributed by atoms with Crippen LogP contribution < -0.4 is 9.80 Å². The molecule has 3 spiro atoms.